The highest BCUT2D eigenvalue weighted by Crippen LogP contribution is 2.20. The molecular weight excluding hydrogens is 264 g/mol. The molecular formula is C14H15ClN2O2. The molecule has 0 aliphatic heterocycles. The highest BCUT2D eigenvalue weighted by Gasteiger charge is 2.13. The van der Waals surface area contributed by atoms with Gasteiger partial charge in [-0.25, -0.2) is 4.68 Å². The third-order valence-electron chi connectivity index (χ3n) is 3.10. The van der Waals surface area contributed by atoms with Gasteiger partial charge < -0.3 is 5.11 Å². The van der Waals surface area contributed by atoms with Gasteiger partial charge in [0.15, 0.2) is 0 Å². The van der Waals surface area contributed by atoms with E-state index in [0.717, 1.165) is 22.6 Å². The number of carboxylic acids is 1. The Kier molecular flexibility index (Phi) is 3.90. The predicted octanol–water partition coefficient (Wildman–Crippen LogP) is 3.16. The van der Waals surface area contributed by atoms with Crippen LogP contribution in [0.1, 0.15) is 23.4 Å². The summed E-state index contributed by atoms with van der Waals surface area (Å²) >= 11 is 5.87. The summed E-state index contributed by atoms with van der Waals surface area (Å²) in [7, 11) is 0. The van der Waals surface area contributed by atoms with Gasteiger partial charge in [0, 0.05) is 17.1 Å². The van der Waals surface area contributed by atoms with Crippen molar-refractivity contribution in [2.24, 2.45) is 0 Å². The highest BCUT2D eigenvalue weighted by molar-refractivity contribution is 6.30. The van der Waals surface area contributed by atoms with E-state index in [-0.39, 0.29) is 6.42 Å². The molecule has 0 saturated carbocycles. The molecule has 1 aromatic heterocycles. The molecule has 0 radical (unpaired) electrons. The molecule has 0 unspecified atom stereocenters. The number of aliphatic carboxylic acids is 1. The Hall–Kier alpha value is -1.81. The van der Waals surface area contributed by atoms with Crippen molar-refractivity contribution in [3.63, 3.8) is 0 Å². The van der Waals surface area contributed by atoms with E-state index in [1.165, 1.54) is 0 Å². The average Bonchev–Trinajstić information content (AvgIpc) is 2.63. The molecule has 1 heterocycles. The molecule has 2 aromatic rings. The lowest BCUT2D eigenvalue weighted by atomic mass is 10.1. The van der Waals surface area contributed by atoms with Gasteiger partial charge in [0.25, 0.3) is 0 Å². The van der Waals surface area contributed by atoms with Crippen LogP contribution in [0.2, 0.25) is 5.02 Å². The molecule has 0 saturated heterocycles. The van der Waals surface area contributed by atoms with Gasteiger partial charge in [-0.3, -0.25) is 4.79 Å². The van der Waals surface area contributed by atoms with Gasteiger partial charge in [0.2, 0.25) is 0 Å². The Bertz CT molecular complexity index is 603. The summed E-state index contributed by atoms with van der Waals surface area (Å²) in [5.41, 5.74) is 3.76. The summed E-state index contributed by atoms with van der Waals surface area (Å²) in [6.45, 7) is 3.85. The van der Waals surface area contributed by atoms with Crippen LogP contribution >= 0.6 is 11.6 Å². The molecule has 0 bridgehead atoms. The number of rotatable bonds is 4. The smallest absolute Gasteiger partial charge is 0.303 e. The maximum Gasteiger partial charge on any atom is 0.303 e. The van der Waals surface area contributed by atoms with Gasteiger partial charge in [-0.2, -0.15) is 5.10 Å². The molecule has 0 aliphatic carbocycles. The molecule has 100 valence electrons. The third-order valence-corrected chi connectivity index (χ3v) is 3.35. The van der Waals surface area contributed by atoms with E-state index in [4.69, 9.17) is 16.7 Å². The van der Waals surface area contributed by atoms with Crippen molar-refractivity contribution in [2.45, 2.75) is 26.7 Å². The number of carboxylic acid groups (broad SMARTS) is 1. The zero-order valence-corrected chi connectivity index (χ0v) is 11.6. The van der Waals surface area contributed by atoms with Gasteiger partial charge in [-0.15, -0.1) is 0 Å². The van der Waals surface area contributed by atoms with Crippen molar-refractivity contribution in [1.29, 1.82) is 0 Å². The lowest BCUT2D eigenvalue weighted by molar-refractivity contribution is -0.136. The minimum Gasteiger partial charge on any atom is -0.481 e. The second-order valence-corrected chi connectivity index (χ2v) is 4.87. The first-order chi connectivity index (χ1) is 8.99. The van der Waals surface area contributed by atoms with Crippen LogP contribution in [-0.2, 0) is 11.2 Å². The van der Waals surface area contributed by atoms with E-state index < -0.39 is 5.97 Å². The normalized spacial score (nSPS) is 10.7. The second kappa shape index (κ2) is 5.45. The maximum atomic E-state index is 10.7. The lowest BCUT2D eigenvalue weighted by Crippen LogP contribution is -2.01. The summed E-state index contributed by atoms with van der Waals surface area (Å²) in [5, 5.41) is 13.9. The van der Waals surface area contributed by atoms with E-state index in [1.54, 1.807) is 0 Å². The van der Waals surface area contributed by atoms with Crippen LogP contribution in [0.4, 0.5) is 0 Å². The number of aromatic nitrogens is 2. The van der Waals surface area contributed by atoms with Crippen molar-refractivity contribution in [2.75, 3.05) is 0 Å². The van der Waals surface area contributed by atoms with Crippen LogP contribution < -0.4 is 0 Å². The second-order valence-electron chi connectivity index (χ2n) is 4.43. The zero-order valence-electron chi connectivity index (χ0n) is 10.9. The van der Waals surface area contributed by atoms with Crippen LogP contribution in [0.15, 0.2) is 24.3 Å². The van der Waals surface area contributed by atoms with E-state index >= 15 is 0 Å². The first-order valence-corrected chi connectivity index (χ1v) is 6.39. The maximum absolute atomic E-state index is 10.7. The van der Waals surface area contributed by atoms with Gasteiger partial charge in [0.1, 0.15) is 0 Å². The van der Waals surface area contributed by atoms with Crippen LogP contribution in [0.5, 0.6) is 0 Å². The molecule has 0 spiro atoms. The third kappa shape index (κ3) is 2.96. The SMILES string of the molecule is Cc1nn(-c2ccc(Cl)cc2)c(C)c1CCC(=O)O. The molecule has 0 fully saturated rings. The highest BCUT2D eigenvalue weighted by atomic mass is 35.5. The summed E-state index contributed by atoms with van der Waals surface area (Å²) in [6, 6.07) is 7.40. The molecule has 0 amide bonds. The molecule has 0 atom stereocenters. The van der Waals surface area contributed by atoms with E-state index in [0.29, 0.717) is 11.4 Å². The first kappa shape index (κ1) is 13.6. The Morgan fingerprint density at radius 3 is 2.53 bits per heavy atom. The number of carbonyl (C=O) groups is 1. The summed E-state index contributed by atoms with van der Waals surface area (Å²) in [6.07, 6.45) is 0.620. The molecule has 19 heavy (non-hydrogen) atoms. The summed E-state index contributed by atoms with van der Waals surface area (Å²) in [4.78, 5) is 10.7. The van der Waals surface area contributed by atoms with Gasteiger partial charge in [-0.05, 0) is 50.1 Å². The first-order valence-electron chi connectivity index (χ1n) is 6.02. The Morgan fingerprint density at radius 1 is 1.32 bits per heavy atom. The number of aryl methyl sites for hydroxylation is 1. The standard InChI is InChI=1S/C14H15ClN2O2/c1-9-13(7-8-14(18)19)10(2)17(16-9)12-5-3-11(15)4-6-12/h3-6H,7-8H2,1-2H3,(H,18,19). The molecule has 0 aliphatic rings. The fraction of sp³-hybridized carbons (Fsp3) is 0.286. The Morgan fingerprint density at radius 2 is 1.95 bits per heavy atom. The molecule has 1 N–H and O–H groups in total. The predicted molar refractivity (Wildman–Crippen MR) is 74.0 cm³/mol. The molecule has 1 aromatic carbocycles. The van der Waals surface area contributed by atoms with E-state index in [2.05, 4.69) is 5.10 Å². The van der Waals surface area contributed by atoms with Crippen molar-refractivity contribution in [1.82, 2.24) is 9.78 Å². The fourth-order valence-electron chi connectivity index (χ4n) is 2.10. The summed E-state index contributed by atoms with van der Waals surface area (Å²) < 4.78 is 1.82. The van der Waals surface area contributed by atoms with Crippen LogP contribution in [-0.4, -0.2) is 20.9 Å². The van der Waals surface area contributed by atoms with Crippen molar-refractivity contribution in [3.8, 4) is 5.69 Å². The topological polar surface area (TPSA) is 55.1 Å². The van der Waals surface area contributed by atoms with Gasteiger partial charge in [-0.1, -0.05) is 11.6 Å². The van der Waals surface area contributed by atoms with E-state index in [9.17, 15) is 4.79 Å². The molecule has 5 heteroatoms. The fourth-order valence-corrected chi connectivity index (χ4v) is 2.23. The quantitative estimate of drug-likeness (QED) is 0.935. The van der Waals surface area contributed by atoms with Crippen molar-refractivity contribution >= 4 is 17.6 Å². The zero-order chi connectivity index (χ0) is 14.0. The Balaban J connectivity index is 2.35. The number of nitrogens with zero attached hydrogens (tertiary/aromatic N) is 2. The number of hydrogen-bond donors (Lipinski definition) is 1. The largest absolute Gasteiger partial charge is 0.481 e. The lowest BCUT2D eigenvalue weighted by Gasteiger charge is -2.05. The Labute approximate surface area is 116 Å². The van der Waals surface area contributed by atoms with Crippen LogP contribution in [0.25, 0.3) is 5.69 Å². The monoisotopic (exact) mass is 278 g/mol. The number of halogens is 1. The van der Waals surface area contributed by atoms with Crippen molar-refractivity contribution < 1.29 is 9.90 Å². The number of hydrogen-bond acceptors (Lipinski definition) is 2. The van der Waals surface area contributed by atoms with Gasteiger partial charge >= 0.3 is 5.97 Å². The van der Waals surface area contributed by atoms with Crippen LogP contribution in [0.3, 0.4) is 0 Å². The van der Waals surface area contributed by atoms with Crippen molar-refractivity contribution in [3.05, 3.63) is 46.2 Å². The minimum atomic E-state index is -0.793. The summed E-state index contributed by atoms with van der Waals surface area (Å²) in [5.74, 6) is -0.793. The average molecular weight is 279 g/mol. The van der Waals surface area contributed by atoms with Crippen LogP contribution in [0, 0.1) is 13.8 Å². The van der Waals surface area contributed by atoms with E-state index in [1.807, 2.05) is 42.8 Å². The minimum absolute atomic E-state index is 0.119. The molecule has 2 rings (SSSR count). The molecule has 4 nitrogen and oxygen atoms in total. The number of benzene rings is 1. The van der Waals surface area contributed by atoms with Gasteiger partial charge in [0.05, 0.1) is 11.4 Å².